The molecule has 7 nitrogen and oxygen atoms in total. The van der Waals surface area contributed by atoms with Crippen molar-refractivity contribution in [1.82, 2.24) is 15.4 Å². The molecule has 1 N–H and O–H groups in total. The fourth-order valence-electron chi connectivity index (χ4n) is 1.47. The largest absolute Gasteiger partial charge is 0.497 e. The van der Waals surface area contributed by atoms with Crippen LogP contribution in [0.2, 0.25) is 0 Å². The van der Waals surface area contributed by atoms with Crippen LogP contribution in [0.25, 0.3) is 0 Å². The predicted octanol–water partition coefficient (Wildman–Crippen LogP) is 1.26. The van der Waals surface area contributed by atoms with Crippen molar-refractivity contribution in [2.24, 2.45) is 5.10 Å². The second kappa shape index (κ2) is 6.99. The predicted molar refractivity (Wildman–Crippen MR) is 76.6 cm³/mol. The van der Waals surface area contributed by atoms with Gasteiger partial charge in [-0.3, -0.25) is 9.78 Å². The van der Waals surface area contributed by atoms with Crippen LogP contribution in [0.1, 0.15) is 16.1 Å². The first kappa shape index (κ1) is 14.4. The van der Waals surface area contributed by atoms with E-state index in [1.165, 1.54) is 25.7 Å². The van der Waals surface area contributed by atoms with Crippen molar-refractivity contribution < 1.29 is 14.3 Å². The van der Waals surface area contributed by atoms with Crippen LogP contribution in [0.3, 0.4) is 0 Å². The van der Waals surface area contributed by atoms with Crippen molar-refractivity contribution in [2.45, 2.75) is 0 Å². The van der Waals surface area contributed by atoms with Gasteiger partial charge < -0.3 is 9.47 Å². The molecule has 1 aromatic carbocycles. The fraction of sp³-hybridized carbons (Fsp3) is 0.143. The molecule has 21 heavy (non-hydrogen) atoms. The quantitative estimate of drug-likeness (QED) is 0.660. The maximum Gasteiger partial charge on any atom is 0.291 e. The van der Waals surface area contributed by atoms with Crippen molar-refractivity contribution >= 4 is 12.1 Å². The molecule has 0 fully saturated rings. The second-order valence-corrected chi connectivity index (χ2v) is 3.92. The summed E-state index contributed by atoms with van der Waals surface area (Å²) in [7, 11) is 3.05. The number of rotatable bonds is 5. The summed E-state index contributed by atoms with van der Waals surface area (Å²) in [6.45, 7) is 0. The summed E-state index contributed by atoms with van der Waals surface area (Å²) in [5.41, 5.74) is 3.32. The molecule has 0 aliphatic carbocycles. The van der Waals surface area contributed by atoms with Gasteiger partial charge >= 0.3 is 0 Å². The molecule has 0 bridgehead atoms. The Labute approximate surface area is 121 Å². The maximum absolute atomic E-state index is 11.8. The van der Waals surface area contributed by atoms with Crippen LogP contribution >= 0.6 is 0 Å². The van der Waals surface area contributed by atoms with E-state index in [1.54, 1.807) is 19.2 Å². The topological polar surface area (TPSA) is 85.7 Å². The van der Waals surface area contributed by atoms with Gasteiger partial charge in [-0.15, -0.1) is 0 Å². The standard InChI is InChI=1S/C14H14N4O3/c1-20-11-5-3-10(4-6-11)7-16-18-14(19)12-8-15-9-13(17-12)21-2/h3-9H,1-2H3,(H,18,19). The SMILES string of the molecule is COc1ccc(C=NNC(=O)c2cncc(OC)n2)cc1. The number of nitrogens with one attached hydrogen (secondary N) is 1. The molecule has 0 unspecified atom stereocenters. The van der Waals surface area contributed by atoms with Gasteiger partial charge in [-0.05, 0) is 29.8 Å². The molecule has 0 radical (unpaired) electrons. The van der Waals surface area contributed by atoms with Crippen LogP contribution < -0.4 is 14.9 Å². The summed E-state index contributed by atoms with van der Waals surface area (Å²) in [4.78, 5) is 19.6. The van der Waals surface area contributed by atoms with E-state index in [9.17, 15) is 4.79 Å². The third kappa shape index (κ3) is 4.00. The number of methoxy groups -OCH3 is 2. The lowest BCUT2D eigenvalue weighted by Crippen LogP contribution is -2.19. The Hall–Kier alpha value is -2.96. The zero-order valence-corrected chi connectivity index (χ0v) is 11.6. The highest BCUT2D eigenvalue weighted by Crippen LogP contribution is 2.09. The van der Waals surface area contributed by atoms with Gasteiger partial charge in [0.2, 0.25) is 5.88 Å². The van der Waals surface area contributed by atoms with Gasteiger partial charge in [-0.2, -0.15) is 5.10 Å². The number of carbonyl (C=O) groups is 1. The summed E-state index contributed by atoms with van der Waals surface area (Å²) in [5.74, 6) is 0.552. The van der Waals surface area contributed by atoms with E-state index in [1.807, 2.05) is 12.1 Å². The van der Waals surface area contributed by atoms with Crippen LogP contribution in [0, 0.1) is 0 Å². The number of hydrogen-bond acceptors (Lipinski definition) is 6. The average Bonchev–Trinajstić information content (AvgIpc) is 2.55. The molecule has 1 heterocycles. The lowest BCUT2D eigenvalue weighted by molar-refractivity contribution is 0.0949. The van der Waals surface area contributed by atoms with Crippen LogP contribution in [0.5, 0.6) is 11.6 Å². The minimum absolute atomic E-state index is 0.126. The van der Waals surface area contributed by atoms with Gasteiger partial charge in [0, 0.05) is 0 Å². The van der Waals surface area contributed by atoms with Crippen molar-refractivity contribution in [2.75, 3.05) is 14.2 Å². The van der Waals surface area contributed by atoms with E-state index in [4.69, 9.17) is 9.47 Å². The van der Waals surface area contributed by atoms with Gasteiger partial charge in [0.1, 0.15) is 5.75 Å². The number of carbonyl (C=O) groups excluding carboxylic acids is 1. The monoisotopic (exact) mass is 286 g/mol. The van der Waals surface area contributed by atoms with E-state index in [2.05, 4.69) is 20.5 Å². The molecule has 0 aliphatic heterocycles. The number of ether oxygens (including phenoxy) is 2. The second-order valence-electron chi connectivity index (χ2n) is 3.92. The first-order valence-corrected chi connectivity index (χ1v) is 6.06. The minimum Gasteiger partial charge on any atom is -0.497 e. The minimum atomic E-state index is -0.467. The highest BCUT2D eigenvalue weighted by Gasteiger charge is 2.07. The molecular formula is C14H14N4O3. The lowest BCUT2D eigenvalue weighted by atomic mass is 10.2. The zero-order valence-electron chi connectivity index (χ0n) is 11.6. The van der Waals surface area contributed by atoms with Crippen molar-refractivity contribution in [3.8, 4) is 11.6 Å². The molecule has 0 atom stereocenters. The first-order chi connectivity index (χ1) is 10.2. The summed E-state index contributed by atoms with van der Waals surface area (Å²) in [6, 6.07) is 7.24. The van der Waals surface area contributed by atoms with E-state index in [-0.39, 0.29) is 11.6 Å². The van der Waals surface area contributed by atoms with Crippen LogP contribution in [0.15, 0.2) is 41.8 Å². The third-order valence-electron chi connectivity index (χ3n) is 2.55. The fourth-order valence-corrected chi connectivity index (χ4v) is 1.47. The average molecular weight is 286 g/mol. The van der Waals surface area contributed by atoms with Crippen LogP contribution in [-0.2, 0) is 0 Å². The van der Waals surface area contributed by atoms with Crippen LogP contribution in [0.4, 0.5) is 0 Å². The Bertz CT molecular complexity index is 641. The number of benzene rings is 1. The van der Waals surface area contributed by atoms with E-state index >= 15 is 0 Å². The molecule has 0 saturated carbocycles. The highest BCUT2D eigenvalue weighted by molar-refractivity contribution is 5.92. The molecule has 108 valence electrons. The zero-order chi connectivity index (χ0) is 15.1. The molecule has 2 aromatic rings. The highest BCUT2D eigenvalue weighted by atomic mass is 16.5. The Morgan fingerprint density at radius 3 is 2.62 bits per heavy atom. The van der Waals surface area contributed by atoms with E-state index in [0.717, 1.165) is 11.3 Å². The molecule has 2 rings (SSSR count). The normalized spacial score (nSPS) is 10.4. The first-order valence-electron chi connectivity index (χ1n) is 6.06. The summed E-state index contributed by atoms with van der Waals surface area (Å²) >= 11 is 0. The van der Waals surface area contributed by atoms with E-state index in [0.29, 0.717) is 0 Å². The Kier molecular flexibility index (Phi) is 4.81. The maximum atomic E-state index is 11.8. The molecular weight excluding hydrogens is 272 g/mol. The Morgan fingerprint density at radius 2 is 1.95 bits per heavy atom. The number of amides is 1. The van der Waals surface area contributed by atoms with Gasteiger partial charge in [-0.25, -0.2) is 10.4 Å². The molecule has 0 saturated heterocycles. The number of aromatic nitrogens is 2. The van der Waals surface area contributed by atoms with Gasteiger partial charge in [0.25, 0.3) is 5.91 Å². The summed E-state index contributed by atoms with van der Waals surface area (Å²) in [6.07, 6.45) is 4.27. The molecule has 0 spiro atoms. The number of nitrogens with zero attached hydrogens (tertiary/aromatic N) is 3. The Balaban J connectivity index is 1.97. The molecule has 7 heteroatoms. The summed E-state index contributed by atoms with van der Waals surface area (Å²) < 4.78 is 9.95. The van der Waals surface area contributed by atoms with Gasteiger partial charge in [-0.1, -0.05) is 0 Å². The lowest BCUT2D eigenvalue weighted by Gasteiger charge is -2.01. The molecule has 1 aromatic heterocycles. The van der Waals surface area contributed by atoms with Gasteiger partial charge in [0.15, 0.2) is 5.69 Å². The Morgan fingerprint density at radius 1 is 1.19 bits per heavy atom. The van der Waals surface area contributed by atoms with Crippen molar-refractivity contribution in [1.29, 1.82) is 0 Å². The number of hydrogen-bond donors (Lipinski definition) is 1. The molecule has 0 aliphatic rings. The van der Waals surface area contributed by atoms with Gasteiger partial charge in [0.05, 0.1) is 32.8 Å². The van der Waals surface area contributed by atoms with Crippen molar-refractivity contribution in [3.05, 3.63) is 47.9 Å². The summed E-state index contributed by atoms with van der Waals surface area (Å²) in [5, 5.41) is 3.85. The van der Waals surface area contributed by atoms with Crippen molar-refractivity contribution in [3.63, 3.8) is 0 Å². The molecule has 1 amide bonds. The smallest absolute Gasteiger partial charge is 0.291 e. The third-order valence-corrected chi connectivity index (χ3v) is 2.55. The number of hydrazone groups is 1. The van der Waals surface area contributed by atoms with Crippen LogP contribution in [-0.4, -0.2) is 36.3 Å². The van der Waals surface area contributed by atoms with E-state index < -0.39 is 5.91 Å².